The first-order valence-electron chi connectivity index (χ1n) is 7.10. The predicted octanol–water partition coefficient (Wildman–Crippen LogP) is 1.96. The second-order valence-electron chi connectivity index (χ2n) is 5.89. The van der Waals surface area contributed by atoms with Gasteiger partial charge < -0.3 is 9.47 Å². The van der Waals surface area contributed by atoms with Gasteiger partial charge in [-0.3, -0.25) is 9.52 Å². The Kier molecular flexibility index (Phi) is 6.53. The largest absolute Gasteiger partial charge is 0.468 e. The number of benzene rings is 1. The van der Waals surface area contributed by atoms with Gasteiger partial charge in [0.25, 0.3) is 0 Å². The van der Waals surface area contributed by atoms with Gasteiger partial charge in [-0.25, -0.2) is 13.2 Å². The van der Waals surface area contributed by atoms with Gasteiger partial charge in [0, 0.05) is 6.08 Å². The van der Waals surface area contributed by atoms with Crippen molar-refractivity contribution < 1.29 is 27.5 Å². The van der Waals surface area contributed by atoms with Crippen molar-refractivity contribution in [3.05, 3.63) is 35.9 Å². The number of esters is 2. The van der Waals surface area contributed by atoms with Gasteiger partial charge in [0.15, 0.2) is 5.75 Å². The topological polar surface area (TPSA) is 98.8 Å². The minimum Gasteiger partial charge on any atom is -0.468 e. The van der Waals surface area contributed by atoms with E-state index in [2.05, 4.69) is 9.46 Å². The van der Waals surface area contributed by atoms with Crippen molar-refractivity contribution in [2.24, 2.45) is 0 Å². The van der Waals surface area contributed by atoms with Crippen molar-refractivity contribution in [2.45, 2.75) is 26.4 Å². The van der Waals surface area contributed by atoms with Crippen LogP contribution in [-0.2, 0) is 29.1 Å². The van der Waals surface area contributed by atoms with E-state index in [9.17, 15) is 18.0 Å². The van der Waals surface area contributed by atoms with Crippen LogP contribution in [0.2, 0.25) is 0 Å². The highest BCUT2D eigenvalue weighted by molar-refractivity contribution is 7.93. The first-order valence-corrected chi connectivity index (χ1v) is 8.75. The summed E-state index contributed by atoms with van der Waals surface area (Å²) in [5.74, 6) is -2.22. The Balaban J connectivity index is 2.93. The molecule has 0 aliphatic carbocycles. The maximum absolute atomic E-state index is 11.9. The third-order valence-electron chi connectivity index (χ3n) is 2.57. The fraction of sp³-hybridized carbons (Fsp3) is 0.375. The molecule has 0 heterocycles. The number of methoxy groups -OCH3 is 1. The molecule has 0 bridgehead atoms. The molecule has 1 aromatic rings. The summed E-state index contributed by atoms with van der Waals surface area (Å²) in [7, 11) is -2.80. The zero-order valence-electron chi connectivity index (χ0n) is 14.0. The average molecular weight is 355 g/mol. The summed E-state index contributed by atoms with van der Waals surface area (Å²) in [5, 5.41) is 0. The third kappa shape index (κ3) is 7.28. The zero-order chi connectivity index (χ0) is 18.4. The Labute approximate surface area is 141 Å². The predicted molar refractivity (Wildman–Crippen MR) is 90.7 cm³/mol. The van der Waals surface area contributed by atoms with E-state index in [1.54, 1.807) is 39.0 Å². The molecule has 0 aromatic heterocycles. The second-order valence-corrected chi connectivity index (χ2v) is 7.61. The van der Waals surface area contributed by atoms with Crippen LogP contribution in [0.4, 0.5) is 5.69 Å². The summed E-state index contributed by atoms with van der Waals surface area (Å²) in [4.78, 5) is 22.8. The molecule has 0 spiro atoms. The maximum atomic E-state index is 11.9. The number of hydrogen-bond donors (Lipinski definition) is 1. The van der Waals surface area contributed by atoms with Gasteiger partial charge >= 0.3 is 11.9 Å². The third-order valence-corrected chi connectivity index (χ3v) is 3.71. The average Bonchev–Trinajstić information content (AvgIpc) is 2.43. The van der Waals surface area contributed by atoms with E-state index < -0.39 is 33.3 Å². The number of carbonyl (C=O) groups excluding carboxylic acids is 2. The Morgan fingerprint density at radius 2 is 1.83 bits per heavy atom. The van der Waals surface area contributed by atoms with Gasteiger partial charge in [-0.1, -0.05) is 18.2 Å². The first-order chi connectivity index (χ1) is 11.0. The number of anilines is 1. The Bertz CT molecular complexity index is 731. The monoisotopic (exact) mass is 355 g/mol. The fourth-order valence-corrected chi connectivity index (χ4v) is 2.67. The van der Waals surface area contributed by atoms with Crippen molar-refractivity contribution >= 4 is 33.7 Å². The molecular weight excluding hydrogens is 334 g/mol. The second kappa shape index (κ2) is 7.96. The molecule has 1 rings (SSSR count). The smallest absolute Gasteiger partial charge is 0.331 e. The molecule has 1 aromatic carbocycles. The van der Waals surface area contributed by atoms with Crippen molar-refractivity contribution in [1.82, 2.24) is 0 Å². The van der Waals surface area contributed by atoms with E-state index in [0.29, 0.717) is 5.56 Å². The van der Waals surface area contributed by atoms with Crippen molar-refractivity contribution in [1.29, 1.82) is 0 Å². The molecule has 0 aliphatic rings. The minimum absolute atomic E-state index is 0.237. The lowest BCUT2D eigenvalue weighted by atomic mass is 10.1. The van der Waals surface area contributed by atoms with Gasteiger partial charge in [-0.15, -0.1) is 0 Å². The van der Waals surface area contributed by atoms with Crippen LogP contribution in [0.5, 0.6) is 0 Å². The molecule has 0 unspecified atom stereocenters. The lowest BCUT2D eigenvalue weighted by Crippen LogP contribution is -2.24. The van der Waals surface area contributed by atoms with Gasteiger partial charge in [-0.2, -0.15) is 0 Å². The number of para-hydroxylation sites is 1. The van der Waals surface area contributed by atoms with Crippen LogP contribution in [0.15, 0.2) is 30.3 Å². The summed E-state index contributed by atoms with van der Waals surface area (Å²) in [5.41, 5.74) is 0.0706. The number of nitrogens with one attached hydrogen (secondary N) is 1. The molecule has 0 saturated carbocycles. The van der Waals surface area contributed by atoms with Crippen molar-refractivity contribution in [3.8, 4) is 0 Å². The van der Waals surface area contributed by atoms with E-state index in [0.717, 1.165) is 7.11 Å². The van der Waals surface area contributed by atoms with Gasteiger partial charge in [0.2, 0.25) is 10.0 Å². The Hall–Kier alpha value is -2.35. The molecule has 1 N–H and O–H groups in total. The van der Waals surface area contributed by atoms with E-state index in [-0.39, 0.29) is 5.69 Å². The Morgan fingerprint density at radius 1 is 1.21 bits per heavy atom. The zero-order valence-corrected chi connectivity index (χ0v) is 14.8. The van der Waals surface area contributed by atoms with Gasteiger partial charge in [-0.05, 0) is 38.5 Å². The maximum Gasteiger partial charge on any atom is 0.331 e. The number of carbonyl (C=O) groups is 2. The SMILES string of the molecule is COC(=O)CS(=O)(=O)Nc1ccccc1/C=C/C(=O)OC(C)(C)C. The molecular formula is C16H21NO6S. The van der Waals surface area contributed by atoms with E-state index in [4.69, 9.17) is 4.74 Å². The van der Waals surface area contributed by atoms with Gasteiger partial charge in [0.05, 0.1) is 12.8 Å². The quantitative estimate of drug-likeness (QED) is 0.619. The molecule has 24 heavy (non-hydrogen) atoms. The number of ether oxygens (including phenoxy) is 2. The molecule has 0 amide bonds. The van der Waals surface area contributed by atoms with Crippen LogP contribution in [0, 0.1) is 0 Å². The Morgan fingerprint density at radius 3 is 2.42 bits per heavy atom. The molecule has 0 fully saturated rings. The van der Waals surface area contributed by atoms with E-state index in [1.165, 1.54) is 18.2 Å². The molecule has 0 atom stereocenters. The van der Waals surface area contributed by atoms with Crippen molar-refractivity contribution in [3.63, 3.8) is 0 Å². The van der Waals surface area contributed by atoms with Crippen molar-refractivity contribution in [2.75, 3.05) is 17.6 Å². The molecule has 8 heteroatoms. The number of rotatable bonds is 6. The fourth-order valence-electron chi connectivity index (χ4n) is 1.65. The standard InChI is InChI=1S/C16H21NO6S/c1-16(2,3)23-14(18)10-9-12-7-5-6-8-13(12)17-24(20,21)11-15(19)22-4/h5-10,17H,11H2,1-4H3/b10-9+. The lowest BCUT2D eigenvalue weighted by Gasteiger charge is -2.18. The van der Waals surface area contributed by atoms with Crippen LogP contribution in [0.3, 0.4) is 0 Å². The highest BCUT2D eigenvalue weighted by Crippen LogP contribution is 2.19. The highest BCUT2D eigenvalue weighted by Gasteiger charge is 2.18. The summed E-state index contributed by atoms with van der Waals surface area (Å²) in [6, 6.07) is 6.45. The van der Waals surface area contributed by atoms with E-state index >= 15 is 0 Å². The molecule has 0 saturated heterocycles. The molecule has 7 nitrogen and oxygen atoms in total. The summed E-state index contributed by atoms with van der Waals surface area (Å²) in [6.45, 7) is 5.23. The molecule has 0 radical (unpaired) electrons. The molecule has 132 valence electrons. The lowest BCUT2D eigenvalue weighted by molar-refractivity contribution is -0.148. The number of hydrogen-bond acceptors (Lipinski definition) is 6. The van der Waals surface area contributed by atoms with Crippen LogP contribution in [-0.4, -0.2) is 38.8 Å². The number of sulfonamides is 1. The minimum atomic E-state index is -3.91. The summed E-state index contributed by atoms with van der Waals surface area (Å²) >= 11 is 0. The van der Waals surface area contributed by atoms with Crippen LogP contribution in [0.1, 0.15) is 26.3 Å². The first kappa shape index (κ1) is 19.7. The summed E-state index contributed by atoms with van der Waals surface area (Å²) in [6.07, 6.45) is 2.64. The van der Waals surface area contributed by atoms with Crippen LogP contribution >= 0.6 is 0 Å². The normalized spacial score (nSPS) is 12.0. The van der Waals surface area contributed by atoms with Crippen LogP contribution in [0.25, 0.3) is 6.08 Å². The summed E-state index contributed by atoms with van der Waals surface area (Å²) < 4.78 is 35.6. The van der Waals surface area contributed by atoms with E-state index in [1.807, 2.05) is 0 Å². The van der Waals surface area contributed by atoms with Crippen LogP contribution < -0.4 is 4.72 Å². The van der Waals surface area contributed by atoms with Gasteiger partial charge in [0.1, 0.15) is 5.60 Å². The molecule has 0 aliphatic heterocycles. The highest BCUT2D eigenvalue weighted by atomic mass is 32.2.